The van der Waals surface area contributed by atoms with Crippen molar-refractivity contribution in [2.75, 3.05) is 19.8 Å². The summed E-state index contributed by atoms with van der Waals surface area (Å²) in [6.07, 6.45) is 3.19. The molecule has 0 amide bonds. The quantitative estimate of drug-likeness (QED) is 0.551. The van der Waals surface area contributed by atoms with E-state index in [4.69, 9.17) is 14.2 Å². The van der Waals surface area contributed by atoms with Gasteiger partial charge in [-0.25, -0.2) is 4.79 Å². The normalized spacial score (nSPS) is 17.9. The van der Waals surface area contributed by atoms with E-state index in [1.165, 1.54) is 12.4 Å². The van der Waals surface area contributed by atoms with Gasteiger partial charge in [-0.3, -0.25) is 4.98 Å². The average Bonchev–Trinajstić information content (AvgIpc) is 3.11. The Hall–Kier alpha value is -1.62. The largest absolute Gasteiger partial charge is 0.488 e. The number of esters is 1. The molecule has 0 unspecified atom stereocenters. The van der Waals surface area contributed by atoms with Crippen LogP contribution >= 0.6 is 0 Å². The Bertz CT molecular complexity index is 376. The van der Waals surface area contributed by atoms with Gasteiger partial charge < -0.3 is 14.2 Å². The SMILES string of the molecule is CCOC(=O)c1ccncc1OC[C@@H]1CO1. The number of carbonyl (C=O) groups excluding carboxylic acids is 1. The van der Waals surface area contributed by atoms with Gasteiger partial charge in [0.25, 0.3) is 0 Å². The van der Waals surface area contributed by atoms with E-state index in [9.17, 15) is 4.79 Å². The average molecular weight is 223 g/mol. The standard InChI is InChI=1S/C11H13NO4/c1-2-14-11(13)9-3-4-12-5-10(9)16-7-8-6-15-8/h3-5,8H,2,6-7H2,1H3/t8-/m0/s1. The number of epoxide rings is 1. The maximum Gasteiger partial charge on any atom is 0.342 e. The van der Waals surface area contributed by atoms with E-state index in [1.54, 1.807) is 13.0 Å². The number of ether oxygens (including phenoxy) is 3. The fourth-order valence-electron chi connectivity index (χ4n) is 1.22. The molecule has 0 radical (unpaired) electrons. The molecule has 5 heteroatoms. The van der Waals surface area contributed by atoms with Crippen LogP contribution in [0.3, 0.4) is 0 Å². The Labute approximate surface area is 93.3 Å². The van der Waals surface area contributed by atoms with Gasteiger partial charge in [0.05, 0.1) is 19.4 Å². The smallest absolute Gasteiger partial charge is 0.342 e. The Kier molecular flexibility index (Phi) is 3.36. The molecule has 0 aromatic carbocycles. The highest BCUT2D eigenvalue weighted by molar-refractivity contribution is 5.92. The molecule has 0 saturated carbocycles. The summed E-state index contributed by atoms with van der Waals surface area (Å²) in [5.74, 6) is 0.0491. The molecule has 1 fully saturated rings. The summed E-state index contributed by atoms with van der Waals surface area (Å²) in [6, 6.07) is 1.58. The van der Waals surface area contributed by atoms with E-state index in [0.717, 1.165) is 6.61 Å². The second kappa shape index (κ2) is 4.94. The summed E-state index contributed by atoms with van der Waals surface area (Å²) < 4.78 is 15.4. The summed E-state index contributed by atoms with van der Waals surface area (Å²) in [5.41, 5.74) is 0.400. The number of pyridine rings is 1. The highest BCUT2D eigenvalue weighted by Gasteiger charge is 2.24. The maximum absolute atomic E-state index is 11.6. The summed E-state index contributed by atoms with van der Waals surface area (Å²) in [4.78, 5) is 15.5. The highest BCUT2D eigenvalue weighted by atomic mass is 16.6. The lowest BCUT2D eigenvalue weighted by Gasteiger charge is -2.08. The van der Waals surface area contributed by atoms with E-state index in [0.29, 0.717) is 24.5 Å². The zero-order valence-electron chi connectivity index (χ0n) is 9.01. The van der Waals surface area contributed by atoms with Gasteiger partial charge >= 0.3 is 5.97 Å². The maximum atomic E-state index is 11.6. The fraction of sp³-hybridized carbons (Fsp3) is 0.455. The van der Waals surface area contributed by atoms with Gasteiger partial charge in [-0.2, -0.15) is 0 Å². The molecule has 0 aliphatic carbocycles. The van der Waals surface area contributed by atoms with E-state index in [-0.39, 0.29) is 6.10 Å². The number of aromatic nitrogens is 1. The fourth-order valence-corrected chi connectivity index (χ4v) is 1.22. The van der Waals surface area contributed by atoms with Crippen LogP contribution < -0.4 is 4.74 Å². The van der Waals surface area contributed by atoms with E-state index >= 15 is 0 Å². The van der Waals surface area contributed by atoms with Crippen LogP contribution in [-0.4, -0.2) is 36.9 Å². The van der Waals surface area contributed by atoms with Crippen molar-refractivity contribution in [2.24, 2.45) is 0 Å². The highest BCUT2D eigenvalue weighted by Crippen LogP contribution is 2.19. The first-order valence-electron chi connectivity index (χ1n) is 5.16. The summed E-state index contributed by atoms with van der Waals surface area (Å²) in [5, 5.41) is 0. The molecule has 1 atom stereocenters. The second-order valence-electron chi connectivity index (χ2n) is 3.36. The lowest BCUT2D eigenvalue weighted by atomic mass is 10.2. The zero-order valence-corrected chi connectivity index (χ0v) is 9.01. The molecule has 1 aromatic heterocycles. The number of rotatable bonds is 5. The molecule has 2 rings (SSSR count). The lowest BCUT2D eigenvalue weighted by molar-refractivity contribution is 0.0521. The number of carbonyl (C=O) groups is 1. The van der Waals surface area contributed by atoms with Gasteiger partial charge in [0, 0.05) is 6.20 Å². The molecule has 1 saturated heterocycles. The van der Waals surface area contributed by atoms with Crippen molar-refractivity contribution in [3.05, 3.63) is 24.0 Å². The molecule has 1 aliphatic heterocycles. The molecule has 86 valence electrons. The molecule has 0 spiro atoms. The molecule has 1 aromatic rings. The second-order valence-corrected chi connectivity index (χ2v) is 3.36. The Morgan fingerprint density at radius 1 is 1.69 bits per heavy atom. The molecule has 0 bridgehead atoms. The van der Waals surface area contributed by atoms with Crippen molar-refractivity contribution in [3.63, 3.8) is 0 Å². The zero-order chi connectivity index (χ0) is 11.4. The summed E-state index contributed by atoms with van der Waals surface area (Å²) >= 11 is 0. The predicted octanol–water partition coefficient (Wildman–Crippen LogP) is 1.04. The third-order valence-corrected chi connectivity index (χ3v) is 2.11. The summed E-state index contributed by atoms with van der Waals surface area (Å²) in [6.45, 7) is 3.26. The Morgan fingerprint density at radius 2 is 2.50 bits per heavy atom. The van der Waals surface area contributed by atoms with Crippen LogP contribution in [-0.2, 0) is 9.47 Å². The topological polar surface area (TPSA) is 61.0 Å². The van der Waals surface area contributed by atoms with Crippen molar-refractivity contribution >= 4 is 5.97 Å². The van der Waals surface area contributed by atoms with Crippen molar-refractivity contribution in [3.8, 4) is 5.75 Å². The van der Waals surface area contributed by atoms with Gasteiger partial charge in [0.2, 0.25) is 0 Å². The first kappa shape index (κ1) is 10.9. The van der Waals surface area contributed by atoms with Crippen LogP contribution in [0.4, 0.5) is 0 Å². The first-order valence-corrected chi connectivity index (χ1v) is 5.16. The van der Waals surface area contributed by atoms with Crippen molar-refractivity contribution in [1.82, 2.24) is 4.98 Å². The van der Waals surface area contributed by atoms with Crippen LogP contribution in [0.1, 0.15) is 17.3 Å². The Balaban J connectivity index is 2.05. The van der Waals surface area contributed by atoms with Crippen LogP contribution in [0, 0.1) is 0 Å². The molecule has 5 nitrogen and oxygen atoms in total. The van der Waals surface area contributed by atoms with Crippen LogP contribution in [0.15, 0.2) is 18.5 Å². The van der Waals surface area contributed by atoms with Gasteiger partial charge in [-0.1, -0.05) is 0 Å². The van der Waals surface area contributed by atoms with E-state index in [2.05, 4.69) is 4.98 Å². The molecule has 16 heavy (non-hydrogen) atoms. The lowest BCUT2D eigenvalue weighted by Crippen LogP contribution is -2.11. The first-order chi connectivity index (χ1) is 7.81. The minimum absolute atomic E-state index is 0.148. The third-order valence-electron chi connectivity index (χ3n) is 2.11. The van der Waals surface area contributed by atoms with Crippen LogP contribution in [0.25, 0.3) is 0 Å². The summed E-state index contributed by atoms with van der Waals surface area (Å²) in [7, 11) is 0. The van der Waals surface area contributed by atoms with Crippen molar-refractivity contribution < 1.29 is 19.0 Å². The number of hydrogen-bond acceptors (Lipinski definition) is 5. The van der Waals surface area contributed by atoms with E-state index < -0.39 is 5.97 Å². The predicted molar refractivity (Wildman–Crippen MR) is 55.4 cm³/mol. The number of nitrogens with zero attached hydrogens (tertiary/aromatic N) is 1. The van der Waals surface area contributed by atoms with Gasteiger partial charge in [0.1, 0.15) is 18.3 Å². The van der Waals surface area contributed by atoms with Gasteiger partial charge in [0.15, 0.2) is 5.75 Å². The molecular weight excluding hydrogens is 210 g/mol. The Morgan fingerprint density at radius 3 is 3.19 bits per heavy atom. The number of hydrogen-bond donors (Lipinski definition) is 0. The molecular formula is C11H13NO4. The van der Waals surface area contributed by atoms with Crippen molar-refractivity contribution in [2.45, 2.75) is 13.0 Å². The monoisotopic (exact) mass is 223 g/mol. The molecule has 1 aliphatic rings. The van der Waals surface area contributed by atoms with Gasteiger partial charge in [-0.15, -0.1) is 0 Å². The van der Waals surface area contributed by atoms with Crippen molar-refractivity contribution in [1.29, 1.82) is 0 Å². The minimum Gasteiger partial charge on any atom is -0.488 e. The van der Waals surface area contributed by atoms with Crippen LogP contribution in [0.5, 0.6) is 5.75 Å². The van der Waals surface area contributed by atoms with Crippen LogP contribution in [0.2, 0.25) is 0 Å². The molecule has 0 N–H and O–H groups in total. The van der Waals surface area contributed by atoms with E-state index in [1.807, 2.05) is 0 Å². The molecule has 2 heterocycles. The van der Waals surface area contributed by atoms with Gasteiger partial charge in [-0.05, 0) is 13.0 Å². The third kappa shape index (κ3) is 2.70. The minimum atomic E-state index is -0.392.